The first-order chi connectivity index (χ1) is 9.95. The molecule has 0 bridgehead atoms. The van der Waals surface area contributed by atoms with E-state index >= 15 is 0 Å². The second kappa shape index (κ2) is 6.00. The van der Waals surface area contributed by atoms with Gasteiger partial charge in [-0.05, 0) is 43.3 Å². The standard InChI is InChI=1S/C16H14O5/c1-10(2)16(19)21-12-5-3-11(4-6-12)20-13-7-8-14(17)15(18)9-13/h3-9,17-18H,1H2,2H3. The van der Waals surface area contributed by atoms with E-state index in [4.69, 9.17) is 9.47 Å². The van der Waals surface area contributed by atoms with E-state index in [0.717, 1.165) is 0 Å². The number of aromatic hydroxyl groups is 2. The normalized spacial score (nSPS) is 9.95. The number of phenolic OH excluding ortho intramolecular Hbond substituents is 2. The number of hydrogen-bond acceptors (Lipinski definition) is 5. The molecule has 0 spiro atoms. The van der Waals surface area contributed by atoms with Crippen molar-refractivity contribution in [2.45, 2.75) is 6.92 Å². The van der Waals surface area contributed by atoms with Crippen LogP contribution in [0.1, 0.15) is 6.92 Å². The van der Waals surface area contributed by atoms with Crippen molar-refractivity contribution in [1.29, 1.82) is 0 Å². The summed E-state index contributed by atoms with van der Waals surface area (Å²) in [6.45, 7) is 5.06. The molecule has 5 nitrogen and oxygen atoms in total. The lowest BCUT2D eigenvalue weighted by Crippen LogP contribution is -2.07. The smallest absolute Gasteiger partial charge is 0.338 e. The molecule has 0 heterocycles. The molecule has 2 aromatic carbocycles. The first-order valence-electron chi connectivity index (χ1n) is 6.13. The molecule has 0 saturated carbocycles. The van der Waals surface area contributed by atoms with Crippen molar-refractivity contribution in [2.24, 2.45) is 0 Å². The van der Waals surface area contributed by atoms with Gasteiger partial charge in [0, 0.05) is 11.6 Å². The third-order valence-electron chi connectivity index (χ3n) is 2.57. The Hall–Kier alpha value is -2.95. The van der Waals surface area contributed by atoms with E-state index in [9.17, 15) is 15.0 Å². The van der Waals surface area contributed by atoms with Crippen LogP contribution in [0.4, 0.5) is 0 Å². The van der Waals surface area contributed by atoms with Gasteiger partial charge in [-0.25, -0.2) is 4.79 Å². The SMILES string of the molecule is C=C(C)C(=O)Oc1ccc(Oc2ccc(O)c(O)c2)cc1. The maximum Gasteiger partial charge on any atom is 0.338 e. The van der Waals surface area contributed by atoms with Gasteiger partial charge in [-0.3, -0.25) is 0 Å². The fraction of sp³-hybridized carbons (Fsp3) is 0.0625. The Morgan fingerprint density at radius 1 is 0.952 bits per heavy atom. The molecule has 0 aromatic heterocycles. The molecule has 2 N–H and O–H groups in total. The minimum Gasteiger partial charge on any atom is -0.504 e. The third kappa shape index (κ3) is 3.76. The van der Waals surface area contributed by atoms with Crippen LogP contribution in [0.5, 0.6) is 28.7 Å². The summed E-state index contributed by atoms with van der Waals surface area (Å²) in [6, 6.07) is 10.5. The predicted molar refractivity (Wildman–Crippen MR) is 76.7 cm³/mol. The van der Waals surface area contributed by atoms with E-state index in [-0.39, 0.29) is 11.5 Å². The number of rotatable bonds is 4. The fourth-order valence-electron chi connectivity index (χ4n) is 1.47. The zero-order valence-electron chi connectivity index (χ0n) is 11.4. The Morgan fingerprint density at radius 3 is 2.10 bits per heavy atom. The van der Waals surface area contributed by atoms with E-state index < -0.39 is 5.97 Å². The van der Waals surface area contributed by atoms with Crippen LogP contribution in [-0.4, -0.2) is 16.2 Å². The molecule has 2 rings (SSSR count). The van der Waals surface area contributed by atoms with Crippen LogP contribution < -0.4 is 9.47 Å². The third-order valence-corrected chi connectivity index (χ3v) is 2.57. The van der Waals surface area contributed by atoms with E-state index in [1.165, 1.54) is 18.2 Å². The van der Waals surface area contributed by atoms with Crippen molar-refractivity contribution in [3.63, 3.8) is 0 Å². The van der Waals surface area contributed by atoms with Crippen LogP contribution in [0, 0.1) is 0 Å². The molecule has 0 fully saturated rings. The second-order valence-corrected chi connectivity index (χ2v) is 4.39. The first kappa shape index (κ1) is 14.5. The molecule has 0 radical (unpaired) electrons. The second-order valence-electron chi connectivity index (χ2n) is 4.39. The molecule has 0 aliphatic rings. The lowest BCUT2D eigenvalue weighted by molar-refractivity contribution is -0.130. The van der Waals surface area contributed by atoms with Gasteiger partial charge in [0.1, 0.15) is 17.2 Å². The Bertz CT molecular complexity index is 674. The highest BCUT2D eigenvalue weighted by Crippen LogP contribution is 2.31. The van der Waals surface area contributed by atoms with E-state index in [2.05, 4.69) is 6.58 Å². The average molecular weight is 286 g/mol. The van der Waals surface area contributed by atoms with Gasteiger partial charge >= 0.3 is 5.97 Å². The summed E-state index contributed by atoms with van der Waals surface area (Å²) < 4.78 is 10.5. The molecular formula is C16H14O5. The van der Waals surface area contributed by atoms with Crippen molar-refractivity contribution < 1.29 is 24.5 Å². The van der Waals surface area contributed by atoms with Gasteiger partial charge < -0.3 is 19.7 Å². The van der Waals surface area contributed by atoms with Crippen molar-refractivity contribution in [3.8, 4) is 28.7 Å². The molecule has 0 atom stereocenters. The molecule has 0 saturated heterocycles. The average Bonchev–Trinajstić information content (AvgIpc) is 2.45. The number of benzene rings is 2. The largest absolute Gasteiger partial charge is 0.504 e. The van der Waals surface area contributed by atoms with Gasteiger partial charge in [0.15, 0.2) is 11.5 Å². The maximum absolute atomic E-state index is 11.4. The summed E-state index contributed by atoms with van der Waals surface area (Å²) in [5.41, 5.74) is 0.315. The monoisotopic (exact) mass is 286 g/mol. The molecule has 5 heteroatoms. The molecule has 0 unspecified atom stereocenters. The number of carbonyl (C=O) groups is 1. The fourth-order valence-corrected chi connectivity index (χ4v) is 1.47. The summed E-state index contributed by atoms with van der Waals surface area (Å²) in [5, 5.41) is 18.6. The quantitative estimate of drug-likeness (QED) is 0.390. The predicted octanol–water partition coefficient (Wildman–Crippen LogP) is 3.37. The van der Waals surface area contributed by atoms with Crippen LogP contribution in [-0.2, 0) is 4.79 Å². The molecule has 108 valence electrons. The highest BCUT2D eigenvalue weighted by Gasteiger charge is 2.06. The minimum atomic E-state index is -0.493. The van der Waals surface area contributed by atoms with Crippen LogP contribution in [0.2, 0.25) is 0 Å². The Balaban J connectivity index is 2.07. The van der Waals surface area contributed by atoms with E-state index in [0.29, 0.717) is 22.8 Å². The molecule has 21 heavy (non-hydrogen) atoms. The molecule has 2 aromatic rings. The zero-order chi connectivity index (χ0) is 15.4. The number of hydrogen-bond donors (Lipinski definition) is 2. The van der Waals surface area contributed by atoms with Gasteiger partial charge in [0.2, 0.25) is 0 Å². The minimum absolute atomic E-state index is 0.218. The highest BCUT2D eigenvalue weighted by molar-refractivity contribution is 5.88. The molecule has 0 amide bonds. The van der Waals surface area contributed by atoms with E-state index in [1.807, 2.05) is 0 Å². The lowest BCUT2D eigenvalue weighted by atomic mass is 10.3. The number of carbonyl (C=O) groups excluding carboxylic acids is 1. The number of phenols is 2. The summed E-state index contributed by atoms with van der Waals surface area (Å²) in [5.74, 6) is 0.270. The van der Waals surface area contributed by atoms with Crippen LogP contribution >= 0.6 is 0 Å². The van der Waals surface area contributed by atoms with Crippen molar-refractivity contribution in [3.05, 3.63) is 54.6 Å². The zero-order valence-corrected chi connectivity index (χ0v) is 11.4. The van der Waals surface area contributed by atoms with Gasteiger partial charge in [-0.2, -0.15) is 0 Å². The van der Waals surface area contributed by atoms with Gasteiger partial charge in [-0.1, -0.05) is 6.58 Å². The summed E-state index contributed by atoms with van der Waals surface area (Å²) in [7, 11) is 0. The number of esters is 1. The van der Waals surface area contributed by atoms with Crippen LogP contribution in [0.25, 0.3) is 0 Å². The van der Waals surface area contributed by atoms with Crippen LogP contribution in [0.3, 0.4) is 0 Å². The lowest BCUT2D eigenvalue weighted by Gasteiger charge is -2.08. The first-order valence-corrected chi connectivity index (χ1v) is 6.13. The maximum atomic E-state index is 11.4. The van der Waals surface area contributed by atoms with Crippen molar-refractivity contribution in [2.75, 3.05) is 0 Å². The van der Waals surface area contributed by atoms with Gasteiger partial charge in [-0.15, -0.1) is 0 Å². The van der Waals surface area contributed by atoms with Gasteiger partial charge in [0.25, 0.3) is 0 Å². The van der Waals surface area contributed by atoms with Crippen LogP contribution in [0.15, 0.2) is 54.6 Å². The molecule has 0 aliphatic heterocycles. The van der Waals surface area contributed by atoms with Crippen molar-refractivity contribution >= 4 is 5.97 Å². The van der Waals surface area contributed by atoms with Gasteiger partial charge in [0.05, 0.1) is 0 Å². The Labute approximate surface area is 121 Å². The topological polar surface area (TPSA) is 76.0 Å². The highest BCUT2D eigenvalue weighted by atomic mass is 16.5. The summed E-state index contributed by atoms with van der Waals surface area (Å²) >= 11 is 0. The summed E-state index contributed by atoms with van der Waals surface area (Å²) in [4.78, 5) is 11.4. The Morgan fingerprint density at radius 2 is 1.52 bits per heavy atom. The van der Waals surface area contributed by atoms with E-state index in [1.54, 1.807) is 31.2 Å². The molecule has 0 aliphatic carbocycles. The summed E-state index contributed by atoms with van der Waals surface area (Å²) in [6.07, 6.45) is 0. The number of ether oxygens (including phenoxy) is 2. The Kier molecular flexibility index (Phi) is 4.13. The molecular weight excluding hydrogens is 272 g/mol. The van der Waals surface area contributed by atoms with Crippen molar-refractivity contribution in [1.82, 2.24) is 0 Å².